The third kappa shape index (κ3) is 2.96. The van der Waals surface area contributed by atoms with Crippen molar-refractivity contribution in [3.05, 3.63) is 33.4 Å². The van der Waals surface area contributed by atoms with Gasteiger partial charge in [0.2, 0.25) is 0 Å². The van der Waals surface area contributed by atoms with Crippen molar-refractivity contribution in [3.8, 4) is 0 Å². The molecule has 1 aromatic carbocycles. The summed E-state index contributed by atoms with van der Waals surface area (Å²) in [6, 6.07) is 3.54. The molecule has 0 bridgehead atoms. The van der Waals surface area contributed by atoms with Crippen molar-refractivity contribution in [1.29, 1.82) is 0 Å². The summed E-state index contributed by atoms with van der Waals surface area (Å²) in [4.78, 5) is 10.6. The van der Waals surface area contributed by atoms with Crippen LogP contribution in [0.1, 0.15) is 17.5 Å². The molecule has 0 aromatic heterocycles. The second kappa shape index (κ2) is 5.61. The van der Waals surface area contributed by atoms with Gasteiger partial charge in [-0.1, -0.05) is 0 Å². The smallest absolute Gasteiger partial charge is 0.274 e. The van der Waals surface area contributed by atoms with Crippen LogP contribution in [0.4, 0.5) is 11.4 Å². The number of anilines is 1. The number of nitrogens with zero attached hydrogens (tertiary/aromatic N) is 1. The lowest BCUT2D eigenvalue weighted by Crippen LogP contribution is -2.14. The van der Waals surface area contributed by atoms with Gasteiger partial charge in [0.15, 0.2) is 0 Å². The third-order valence-corrected chi connectivity index (χ3v) is 4.58. The van der Waals surface area contributed by atoms with Gasteiger partial charge >= 0.3 is 0 Å². The SMILES string of the molecule is Cc1cc(C)c([N+](=O)[O-])cc1NCC1CCSC1. The van der Waals surface area contributed by atoms with Gasteiger partial charge < -0.3 is 5.32 Å². The summed E-state index contributed by atoms with van der Waals surface area (Å²) in [7, 11) is 0. The number of thioether (sulfide) groups is 1. The maximum Gasteiger partial charge on any atom is 0.274 e. The van der Waals surface area contributed by atoms with Gasteiger partial charge in [-0.2, -0.15) is 11.8 Å². The molecule has 1 aliphatic heterocycles. The Kier molecular flexibility index (Phi) is 4.11. The van der Waals surface area contributed by atoms with Gasteiger partial charge in [-0.15, -0.1) is 0 Å². The summed E-state index contributed by atoms with van der Waals surface area (Å²) in [5.74, 6) is 3.12. The number of aryl methyl sites for hydroxylation is 2. The Labute approximate surface area is 111 Å². The molecule has 1 fully saturated rings. The van der Waals surface area contributed by atoms with Gasteiger partial charge in [-0.3, -0.25) is 10.1 Å². The van der Waals surface area contributed by atoms with Gasteiger partial charge in [0, 0.05) is 23.9 Å². The zero-order chi connectivity index (χ0) is 13.1. The fraction of sp³-hybridized carbons (Fsp3) is 0.538. The van der Waals surface area contributed by atoms with Crippen LogP contribution in [-0.2, 0) is 0 Å². The van der Waals surface area contributed by atoms with E-state index in [0.29, 0.717) is 5.92 Å². The lowest BCUT2D eigenvalue weighted by Gasteiger charge is -2.14. The van der Waals surface area contributed by atoms with E-state index in [2.05, 4.69) is 5.32 Å². The summed E-state index contributed by atoms with van der Waals surface area (Å²) in [6.07, 6.45) is 1.24. The molecule has 2 rings (SSSR count). The minimum absolute atomic E-state index is 0.198. The number of nitro benzene ring substituents is 1. The molecule has 98 valence electrons. The van der Waals surface area contributed by atoms with Crippen molar-refractivity contribution in [1.82, 2.24) is 0 Å². The highest BCUT2D eigenvalue weighted by molar-refractivity contribution is 7.99. The summed E-state index contributed by atoms with van der Waals surface area (Å²) >= 11 is 1.98. The van der Waals surface area contributed by atoms with E-state index in [1.54, 1.807) is 13.0 Å². The molecule has 0 radical (unpaired) electrons. The van der Waals surface area contributed by atoms with Crippen LogP contribution in [0, 0.1) is 29.9 Å². The van der Waals surface area contributed by atoms with Crippen LogP contribution < -0.4 is 5.32 Å². The van der Waals surface area contributed by atoms with Crippen molar-refractivity contribution in [2.45, 2.75) is 20.3 Å². The van der Waals surface area contributed by atoms with E-state index in [0.717, 1.165) is 23.4 Å². The van der Waals surface area contributed by atoms with Gasteiger partial charge in [0.1, 0.15) is 0 Å². The molecule has 1 unspecified atom stereocenters. The summed E-state index contributed by atoms with van der Waals surface area (Å²) in [5.41, 5.74) is 2.89. The molecule has 0 spiro atoms. The number of hydrogen-bond donors (Lipinski definition) is 1. The van der Waals surface area contributed by atoms with Crippen molar-refractivity contribution in [2.75, 3.05) is 23.4 Å². The number of benzene rings is 1. The van der Waals surface area contributed by atoms with Crippen LogP contribution in [0.3, 0.4) is 0 Å². The highest BCUT2D eigenvalue weighted by atomic mass is 32.2. The number of nitro groups is 1. The Morgan fingerprint density at radius 3 is 2.83 bits per heavy atom. The number of nitrogens with one attached hydrogen (secondary N) is 1. The molecule has 1 heterocycles. The largest absolute Gasteiger partial charge is 0.384 e. The minimum atomic E-state index is -0.314. The quantitative estimate of drug-likeness (QED) is 0.670. The van der Waals surface area contributed by atoms with Gasteiger partial charge in [-0.05, 0) is 49.3 Å². The van der Waals surface area contributed by atoms with Crippen LogP contribution in [0.5, 0.6) is 0 Å². The molecular weight excluding hydrogens is 248 g/mol. The maximum atomic E-state index is 10.9. The first-order valence-electron chi connectivity index (χ1n) is 6.15. The minimum Gasteiger partial charge on any atom is -0.384 e. The summed E-state index contributed by atoms with van der Waals surface area (Å²) in [5, 5.41) is 14.3. The van der Waals surface area contributed by atoms with E-state index in [-0.39, 0.29) is 10.6 Å². The Morgan fingerprint density at radius 1 is 1.44 bits per heavy atom. The zero-order valence-corrected chi connectivity index (χ0v) is 11.5. The maximum absolute atomic E-state index is 10.9. The van der Waals surface area contributed by atoms with Gasteiger partial charge in [-0.25, -0.2) is 0 Å². The van der Waals surface area contributed by atoms with E-state index >= 15 is 0 Å². The number of rotatable bonds is 4. The Hall–Kier alpha value is -1.23. The molecule has 0 saturated carbocycles. The Bertz CT molecular complexity index is 457. The average molecular weight is 266 g/mol. The summed E-state index contributed by atoms with van der Waals surface area (Å²) in [6.45, 7) is 4.68. The first-order chi connectivity index (χ1) is 8.58. The topological polar surface area (TPSA) is 55.2 Å². The van der Waals surface area contributed by atoms with Crippen molar-refractivity contribution in [2.24, 2.45) is 5.92 Å². The molecule has 1 aromatic rings. The van der Waals surface area contributed by atoms with Crippen molar-refractivity contribution < 1.29 is 4.92 Å². The molecule has 0 aliphatic carbocycles. The first kappa shape index (κ1) is 13.2. The van der Waals surface area contributed by atoms with Crippen LogP contribution in [0.25, 0.3) is 0 Å². The molecule has 18 heavy (non-hydrogen) atoms. The van der Waals surface area contributed by atoms with Crippen LogP contribution in [-0.4, -0.2) is 23.0 Å². The average Bonchev–Trinajstić information content (AvgIpc) is 2.80. The molecule has 1 saturated heterocycles. The van der Waals surface area contributed by atoms with Crippen molar-refractivity contribution >= 4 is 23.1 Å². The molecule has 1 N–H and O–H groups in total. The molecule has 1 atom stereocenters. The molecule has 4 nitrogen and oxygen atoms in total. The Morgan fingerprint density at radius 2 is 2.22 bits per heavy atom. The van der Waals surface area contributed by atoms with E-state index in [4.69, 9.17) is 0 Å². The van der Waals surface area contributed by atoms with E-state index in [1.807, 2.05) is 24.8 Å². The molecule has 0 amide bonds. The van der Waals surface area contributed by atoms with Crippen LogP contribution in [0.15, 0.2) is 12.1 Å². The normalized spacial score (nSPS) is 18.9. The van der Waals surface area contributed by atoms with Crippen LogP contribution in [0.2, 0.25) is 0 Å². The molecular formula is C13H18N2O2S. The zero-order valence-electron chi connectivity index (χ0n) is 10.7. The highest BCUT2D eigenvalue weighted by Gasteiger charge is 2.17. The Balaban J connectivity index is 2.11. The third-order valence-electron chi connectivity index (χ3n) is 3.34. The predicted molar refractivity (Wildman–Crippen MR) is 76.5 cm³/mol. The second-order valence-corrected chi connectivity index (χ2v) is 5.97. The molecule has 5 heteroatoms. The van der Waals surface area contributed by atoms with Gasteiger partial charge in [0.05, 0.1) is 4.92 Å². The predicted octanol–water partition coefficient (Wildman–Crippen LogP) is 3.38. The van der Waals surface area contributed by atoms with E-state index in [1.165, 1.54) is 17.9 Å². The summed E-state index contributed by atoms with van der Waals surface area (Å²) < 4.78 is 0. The monoisotopic (exact) mass is 266 g/mol. The fourth-order valence-corrected chi connectivity index (χ4v) is 3.51. The fourth-order valence-electron chi connectivity index (χ4n) is 2.23. The highest BCUT2D eigenvalue weighted by Crippen LogP contribution is 2.28. The second-order valence-electron chi connectivity index (χ2n) is 4.82. The lowest BCUT2D eigenvalue weighted by molar-refractivity contribution is -0.385. The van der Waals surface area contributed by atoms with E-state index < -0.39 is 0 Å². The number of hydrogen-bond acceptors (Lipinski definition) is 4. The standard InChI is InChI=1S/C13H18N2O2S/c1-9-5-10(2)13(15(16)17)6-12(9)14-7-11-3-4-18-8-11/h5-6,11,14H,3-4,7-8H2,1-2H3. The van der Waals surface area contributed by atoms with Crippen LogP contribution >= 0.6 is 11.8 Å². The van der Waals surface area contributed by atoms with E-state index in [9.17, 15) is 10.1 Å². The lowest BCUT2D eigenvalue weighted by atomic mass is 10.1. The molecule has 1 aliphatic rings. The first-order valence-corrected chi connectivity index (χ1v) is 7.30. The van der Waals surface area contributed by atoms with Gasteiger partial charge in [0.25, 0.3) is 5.69 Å². The van der Waals surface area contributed by atoms with Crippen molar-refractivity contribution in [3.63, 3.8) is 0 Å².